The number of anilines is 2. The van der Waals surface area contributed by atoms with Crippen molar-refractivity contribution in [2.75, 3.05) is 63.3 Å². The molecule has 0 aliphatic carbocycles. The summed E-state index contributed by atoms with van der Waals surface area (Å²) in [6.45, 7) is 7.28. The number of benzene rings is 2. The van der Waals surface area contributed by atoms with Gasteiger partial charge >= 0.3 is 18.1 Å². The minimum Gasteiger partial charge on any atom is -0.497 e. The number of alkyl halides is 3. The third kappa shape index (κ3) is 10.7. The van der Waals surface area contributed by atoms with Crippen LogP contribution in [0.5, 0.6) is 5.75 Å². The zero-order valence-electron chi connectivity index (χ0n) is 21.8. The number of aromatic carboxylic acids is 1. The van der Waals surface area contributed by atoms with Gasteiger partial charge in [-0.05, 0) is 43.7 Å². The van der Waals surface area contributed by atoms with Crippen molar-refractivity contribution >= 4 is 29.3 Å². The fourth-order valence-corrected chi connectivity index (χ4v) is 3.56. The fraction of sp³-hybridized carbons (Fsp3) is 0.423. The number of guanidine groups is 1. The van der Waals surface area contributed by atoms with Gasteiger partial charge in [0.1, 0.15) is 5.75 Å². The van der Waals surface area contributed by atoms with E-state index in [9.17, 15) is 23.1 Å². The highest BCUT2D eigenvalue weighted by Gasteiger charge is 2.38. The molecule has 13 heteroatoms. The van der Waals surface area contributed by atoms with Crippen LogP contribution in [-0.2, 0) is 9.53 Å². The van der Waals surface area contributed by atoms with Gasteiger partial charge in [0.2, 0.25) is 0 Å². The average Bonchev–Trinajstić information content (AvgIpc) is 2.92. The number of halogens is 3. The molecule has 0 amide bonds. The normalized spacial score (nSPS) is 13.8. The standard InChI is InChI=1S/C24H32N4O4.C2HF3O2/c1-3-32-16-6-11-25-24(26-20-8-4-7-19(17-20)23(29)30)28-14-12-27(13-15-28)21-9-5-10-22(18-21)31-2;3-2(4,5)1(6)7/h4-5,7-10,17-18H,3,6,11-16H2,1-2H3,(H,25,26)(H,29,30);(H,6,7). The van der Waals surface area contributed by atoms with E-state index in [1.54, 1.807) is 25.3 Å². The highest BCUT2D eigenvalue weighted by atomic mass is 19.4. The van der Waals surface area contributed by atoms with Crippen LogP contribution in [-0.4, -0.2) is 92.2 Å². The first-order valence-corrected chi connectivity index (χ1v) is 12.2. The summed E-state index contributed by atoms with van der Waals surface area (Å²) in [5.74, 6) is -2.10. The summed E-state index contributed by atoms with van der Waals surface area (Å²) in [4.78, 5) is 29.6. The van der Waals surface area contributed by atoms with E-state index >= 15 is 0 Å². The Labute approximate surface area is 224 Å². The van der Waals surface area contributed by atoms with Gasteiger partial charge < -0.3 is 34.8 Å². The monoisotopic (exact) mass is 554 g/mol. The molecule has 0 unspecified atom stereocenters. The van der Waals surface area contributed by atoms with Crippen LogP contribution in [0.3, 0.4) is 0 Å². The van der Waals surface area contributed by atoms with Crippen LogP contribution in [0, 0.1) is 0 Å². The number of carboxylic acid groups (broad SMARTS) is 2. The number of rotatable bonds is 9. The summed E-state index contributed by atoms with van der Waals surface area (Å²) < 4.78 is 42.5. The molecule has 0 spiro atoms. The van der Waals surface area contributed by atoms with Gasteiger partial charge in [0, 0.05) is 63.4 Å². The summed E-state index contributed by atoms with van der Waals surface area (Å²) >= 11 is 0. The Kier molecular flexibility index (Phi) is 12.3. The molecule has 1 saturated heterocycles. The fourth-order valence-electron chi connectivity index (χ4n) is 3.56. The van der Waals surface area contributed by atoms with Crippen molar-refractivity contribution < 1.29 is 42.4 Å². The van der Waals surface area contributed by atoms with E-state index in [0.29, 0.717) is 25.4 Å². The summed E-state index contributed by atoms with van der Waals surface area (Å²) in [6, 6.07) is 14.9. The van der Waals surface area contributed by atoms with Crippen LogP contribution >= 0.6 is 0 Å². The molecule has 1 aliphatic rings. The summed E-state index contributed by atoms with van der Waals surface area (Å²) in [5, 5.41) is 19.8. The molecule has 0 saturated carbocycles. The minimum atomic E-state index is -5.08. The second-order valence-electron chi connectivity index (χ2n) is 8.25. The lowest BCUT2D eigenvalue weighted by molar-refractivity contribution is -0.192. The Bertz CT molecular complexity index is 1110. The van der Waals surface area contributed by atoms with Gasteiger partial charge in [-0.1, -0.05) is 12.1 Å². The van der Waals surface area contributed by atoms with E-state index < -0.39 is 18.1 Å². The molecule has 0 atom stereocenters. The van der Waals surface area contributed by atoms with E-state index in [1.807, 2.05) is 31.2 Å². The van der Waals surface area contributed by atoms with Crippen LogP contribution in [0.25, 0.3) is 0 Å². The lowest BCUT2D eigenvalue weighted by Crippen LogP contribution is -2.50. The van der Waals surface area contributed by atoms with Crippen molar-refractivity contribution in [3.63, 3.8) is 0 Å². The predicted molar refractivity (Wildman–Crippen MR) is 141 cm³/mol. The number of methoxy groups -OCH3 is 1. The second-order valence-corrected chi connectivity index (χ2v) is 8.25. The van der Waals surface area contributed by atoms with E-state index in [2.05, 4.69) is 21.2 Å². The number of nitrogens with one attached hydrogen (secondary N) is 1. The van der Waals surface area contributed by atoms with E-state index in [0.717, 1.165) is 50.0 Å². The Balaban J connectivity index is 0.000000673. The van der Waals surface area contributed by atoms with Crippen LogP contribution in [0.2, 0.25) is 0 Å². The molecule has 2 aromatic rings. The largest absolute Gasteiger partial charge is 0.497 e. The molecule has 214 valence electrons. The van der Waals surface area contributed by atoms with Crippen molar-refractivity contribution in [2.45, 2.75) is 19.5 Å². The van der Waals surface area contributed by atoms with E-state index in [1.165, 1.54) is 0 Å². The molecule has 1 heterocycles. The zero-order chi connectivity index (χ0) is 28.8. The van der Waals surface area contributed by atoms with Gasteiger partial charge in [0.25, 0.3) is 0 Å². The van der Waals surface area contributed by atoms with E-state index in [4.69, 9.17) is 24.4 Å². The number of nitrogens with zero attached hydrogens (tertiary/aromatic N) is 3. The van der Waals surface area contributed by atoms with Crippen molar-refractivity contribution in [3.05, 3.63) is 54.1 Å². The third-order valence-corrected chi connectivity index (χ3v) is 5.52. The van der Waals surface area contributed by atoms with Crippen molar-refractivity contribution in [3.8, 4) is 5.75 Å². The van der Waals surface area contributed by atoms with Crippen LogP contribution < -0.4 is 15.0 Å². The topological polar surface area (TPSA) is 124 Å². The van der Waals surface area contributed by atoms with E-state index in [-0.39, 0.29) is 5.56 Å². The number of piperazine rings is 1. The molecule has 39 heavy (non-hydrogen) atoms. The highest BCUT2D eigenvalue weighted by molar-refractivity contribution is 5.96. The van der Waals surface area contributed by atoms with Crippen LogP contribution in [0.4, 0.5) is 24.5 Å². The maximum absolute atomic E-state index is 11.3. The summed E-state index contributed by atoms with van der Waals surface area (Å²) in [6.07, 6.45) is -4.25. The lowest BCUT2D eigenvalue weighted by atomic mass is 10.2. The molecular weight excluding hydrogens is 521 g/mol. The first kappa shape index (κ1) is 31.2. The van der Waals surface area contributed by atoms with Crippen LogP contribution in [0.1, 0.15) is 23.7 Å². The molecule has 3 rings (SSSR count). The van der Waals surface area contributed by atoms with Crippen molar-refractivity contribution in [2.24, 2.45) is 4.99 Å². The Morgan fingerprint density at radius 3 is 2.31 bits per heavy atom. The third-order valence-electron chi connectivity index (χ3n) is 5.52. The smallest absolute Gasteiger partial charge is 0.490 e. The molecule has 0 aromatic heterocycles. The molecule has 1 fully saturated rings. The highest BCUT2D eigenvalue weighted by Crippen LogP contribution is 2.22. The molecule has 0 radical (unpaired) electrons. The summed E-state index contributed by atoms with van der Waals surface area (Å²) in [7, 11) is 1.68. The Morgan fingerprint density at radius 2 is 1.72 bits per heavy atom. The van der Waals surface area contributed by atoms with Gasteiger partial charge in [-0.25, -0.2) is 9.59 Å². The molecule has 10 nitrogen and oxygen atoms in total. The predicted octanol–water partition coefficient (Wildman–Crippen LogP) is 4.04. The quantitative estimate of drug-likeness (QED) is 0.239. The van der Waals surface area contributed by atoms with Crippen LogP contribution in [0.15, 0.2) is 53.5 Å². The van der Waals surface area contributed by atoms with Gasteiger partial charge in [-0.15, -0.1) is 0 Å². The summed E-state index contributed by atoms with van der Waals surface area (Å²) in [5.41, 5.74) is 2.10. The lowest BCUT2D eigenvalue weighted by Gasteiger charge is -2.38. The Morgan fingerprint density at radius 1 is 1.05 bits per heavy atom. The SMILES string of the molecule is CCOCCCN=C(Nc1cccc(C(=O)O)c1)N1CCN(c2cccc(OC)c2)CC1.O=C(O)C(F)(F)F. The van der Waals surface area contributed by atoms with Crippen molar-refractivity contribution in [1.29, 1.82) is 0 Å². The number of aliphatic imine (C=N–C) groups is 1. The molecule has 1 aliphatic heterocycles. The van der Waals surface area contributed by atoms with Gasteiger partial charge in [0.05, 0.1) is 12.7 Å². The maximum atomic E-state index is 11.3. The number of hydrogen-bond donors (Lipinski definition) is 3. The van der Waals surface area contributed by atoms with Gasteiger partial charge in [0.15, 0.2) is 5.96 Å². The maximum Gasteiger partial charge on any atom is 0.490 e. The number of ether oxygens (including phenoxy) is 2. The number of aliphatic carboxylic acids is 1. The molecule has 2 aromatic carbocycles. The Hall–Kier alpha value is -4.00. The second kappa shape index (κ2) is 15.4. The molecule has 3 N–H and O–H groups in total. The number of carbonyl (C=O) groups is 2. The molecular formula is C26H33F3N4O6. The van der Waals surface area contributed by atoms with Gasteiger partial charge in [-0.3, -0.25) is 4.99 Å². The minimum absolute atomic E-state index is 0.244. The van der Waals surface area contributed by atoms with Gasteiger partial charge in [-0.2, -0.15) is 13.2 Å². The average molecular weight is 555 g/mol. The molecule has 0 bridgehead atoms. The first-order valence-electron chi connectivity index (χ1n) is 12.2. The number of carboxylic acids is 2. The first-order chi connectivity index (χ1) is 18.5. The number of hydrogen-bond acceptors (Lipinski definition) is 6. The van der Waals surface area contributed by atoms with Crippen molar-refractivity contribution in [1.82, 2.24) is 4.90 Å². The zero-order valence-corrected chi connectivity index (χ0v) is 21.8.